The van der Waals surface area contributed by atoms with Crippen molar-refractivity contribution in [2.75, 3.05) is 26.3 Å². The predicted molar refractivity (Wildman–Crippen MR) is 182 cm³/mol. The van der Waals surface area contributed by atoms with Crippen LogP contribution in [0.2, 0.25) is 0 Å². The summed E-state index contributed by atoms with van der Waals surface area (Å²) in [5.41, 5.74) is 5.14. The molecule has 1 saturated heterocycles. The van der Waals surface area contributed by atoms with Crippen LogP contribution in [-0.2, 0) is 25.4 Å². The molecule has 1 aliphatic heterocycles. The van der Waals surface area contributed by atoms with Crippen LogP contribution in [0, 0.1) is 17.5 Å². The number of alkyl carbamates (subject to hydrolysis) is 1. The van der Waals surface area contributed by atoms with E-state index in [1.54, 1.807) is 41.5 Å². The molecule has 51 heavy (non-hydrogen) atoms. The van der Waals surface area contributed by atoms with Crippen molar-refractivity contribution in [3.63, 3.8) is 0 Å². The second-order valence-electron chi connectivity index (χ2n) is 14.2. The molecule has 3 aromatic rings. The largest absolute Gasteiger partial charge is 0.487 e. The van der Waals surface area contributed by atoms with Gasteiger partial charge in [0.05, 0.1) is 25.4 Å². The Morgan fingerprint density at radius 2 is 1.49 bits per heavy atom. The molecule has 0 saturated carbocycles. The maximum Gasteiger partial charge on any atom is 0.410 e. The van der Waals surface area contributed by atoms with E-state index in [-0.39, 0.29) is 37.6 Å². The van der Waals surface area contributed by atoms with Crippen molar-refractivity contribution in [3.05, 3.63) is 95.1 Å². The summed E-state index contributed by atoms with van der Waals surface area (Å²) in [4.78, 5) is 45.7. The maximum absolute atomic E-state index is 15.3. The smallest absolute Gasteiger partial charge is 0.410 e. The fourth-order valence-electron chi connectivity index (χ4n) is 5.53. The van der Waals surface area contributed by atoms with Gasteiger partial charge in [0.25, 0.3) is 0 Å². The summed E-state index contributed by atoms with van der Waals surface area (Å²) in [5.74, 6) is -3.73. The molecule has 3 atom stereocenters. The van der Waals surface area contributed by atoms with Crippen molar-refractivity contribution in [2.45, 2.75) is 83.3 Å². The highest BCUT2D eigenvalue weighted by Crippen LogP contribution is 2.32. The van der Waals surface area contributed by atoms with Crippen molar-refractivity contribution in [2.24, 2.45) is 5.73 Å². The van der Waals surface area contributed by atoms with Gasteiger partial charge >= 0.3 is 12.2 Å². The van der Waals surface area contributed by atoms with E-state index < -0.39 is 77.1 Å². The molecule has 0 unspecified atom stereocenters. The molecule has 4 rings (SSSR count). The number of pyridine rings is 1. The Labute approximate surface area is 295 Å². The number of nitrogens with one attached hydrogen (secondary N) is 1. The number of hydrogen-bond acceptors (Lipinski definition) is 9. The molecule has 2 heterocycles. The van der Waals surface area contributed by atoms with E-state index in [4.69, 9.17) is 24.7 Å². The number of nitrogens with two attached hydrogens (primary N) is 1. The fraction of sp³-hybridized carbons (Fsp3) is 0.459. The van der Waals surface area contributed by atoms with Gasteiger partial charge in [0.15, 0.2) is 17.3 Å². The molecule has 1 aromatic heterocycles. The number of hydrogen-bond donors (Lipinski definition) is 2. The Hall–Kier alpha value is -4.69. The average molecular weight is 715 g/mol. The first-order valence-corrected chi connectivity index (χ1v) is 16.5. The van der Waals surface area contributed by atoms with Crippen LogP contribution in [0.25, 0.3) is 0 Å². The lowest BCUT2D eigenvalue weighted by Gasteiger charge is -2.39. The first-order chi connectivity index (χ1) is 23.9. The Morgan fingerprint density at radius 3 is 2.02 bits per heavy atom. The first-order valence-electron chi connectivity index (χ1n) is 16.5. The van der Waals surface area contributed by atoms with Crippen LogP contribution in [0.3, 0.4) is 0 Å². The molecule has 11 nitrogen and oxygen atoms in total. The maximum atomic E-state index is 15.3. The Bertz CT molecular complexity index is 1620. The van der Waals surface area contributed by atoms with Gasteiger partial charge in [-0.25, -0.2) is 22.8 Å². The van der Waals surface area contributed by atoms with Crippen molar-refractivity contribution >= 4 is 18.0 Å². The third kappa shape index (κ3) is 11.1. The third-order valence-electron chi connectivity index (χ3n) is 7.78. The molecule has 3 N–H and O–H groups in total. The summed E-state index contributed by atoms with van der Waals surface area (Å²) in [6, 6.07) is 8.85. The number of halogens is 3. The van der Waals surface area contributed by atoms with Crippen molar-refractivity contribution in [1.82, 2.24) is 15.2 Å². The molecule has 2 amide bonds. The second-order valence-corrected chi connectivity index (χ2v) is 14.2. The van der Waals surface area contributed by atoms with Crippen LogP contribution >= 0.6 is 0 Å². The lowest BCUT2D eigenvalue weighted by atomic mass is 9.82. The second kappa shape index (κ2) is 16.6. The minimum atomic E-state index is -1.36. The Kier molecular flexibility index (Phi) is 12.7. The highest BCUT2D eigenvalue weighted by atomic mass is 19.1. The highest BCUT2D eigenvalue weighted by Gasteiger charge is 2.37. The summed E-state index contributed by atoms with van der Waals surface area (Å²) < 4.78 is 66.1. The lowest BCUT2D eigenvalue weighted by molar-refractivity contribution is -0.120. The van der Waals surface area contributed by atoms with Gasteiger partial charge in [-0.05, 0) is 76.9 Å². The van der Waals surface area contributed by atoms with E-state index in [9.17, 15) is 23.2 Å². The SMILES string of the molecule is CC(C)(C)OC(=O)N[C@H](C(=O)Cc1cncc(F)c1OC[C@@H]1CN(C(=O)OC(C)(C)C)[C@H](CN)CO1)C(c1ccc(F)cc1)c1ccc(F)cc1. The Balaban J connectivity index is 1.63. The number of nitrogens with zero attached hydrogens (tertiary/aromatic N) is 2. The van der Waals surface area contributed by atoms with Crippen molar-refractivity contribution in [1.29, 1.82) is 0 Å². The average Bonchev–Trinajstić information content (AvgIpc) is 3.04. The molecule has 276 valence electrons. The van der Waals surface area contributed by atoms with E-state index in [1.165, 1.54) is 59.6 Å². The first kappa shape index (κ1) is 39.1. The van der Waals surface area contributed by atoms with Crippen molar-refractivity contribution < 1.29 is 46.5 Å². The Morgan fingerprint density at radius 1 is 0.922 bits per heavy atom. The van der Waals surface area contributed by atoms with E-state index in [1.807, 2.05) is 0 Å². The van der Waals surface area contributed by atoms with Crippen LogP contribution in [0.5, 0.6) is 5.75 Å². The van der Waals surface area contributed by atoms with E-state index in [0.717, 1.165) is 6.20 Å². The number of carbonyl (C=O) groups is 3. The van der Waals surface area contributed by atoms with Gasteiger partial charge in [-0.1, -0.05) is 24.3 Å². The van der Waals surface area contributed by atoms with Crippen molar-refractivity contribution in [3.8, 4) is 5.75 Å². The summed E-state index contributed by atoms with van der Waals surface area (Å²) in [6.07, 6.45) is -0.454. The number of amides is 2. The monoisotopic (exact) mass is 714 g/mol. The highest BCUT2D eigenvalue weighted by molar-refractivity contribution is 5.91. The van der Waals surface area contributed by atoms with Crippen LogP contribution in [-0.4, -0.2) is 83.5 Å². The fourth-order valence-corrected chi connectivity index (χ4v) is 5.53. The van der Waals surface area contributed by atoms with Gasteiger partial charge in [-0.15, -0.1) is 0 Å². The minimum Gasteiger partial charge on any atom is -0.487 e. The quantitative estimate of drug-likeness (QED) is 0.257. The number of carbonyl (C=O) groups excluding carboxylic acids is 3. The molecule has 0 spiro atoms. The molecular formula is C37H45F3N4O7. The van der Waals surface area contributed by atoms with Gasteiger partial charge in [0, 0.05) is 30.6 Å². The lowest BCUT2D eigenvalue weighted by Crippen LogP contribution is -2.57. The van der Waals surface area contributed by atoms with Crippen LogP contribution in [0.4, 0.5) is 22.8 Å². The third-order valence-corrected chi connectivity index (χ3v) is 7.78. The molecule has 1 aliphatic rings. The molecule has 0 aliphatic carbocycles. The molecular weight excluding hydrogens is 669 g/mol. The molecule has 0 radical (unpaired) electrons. The zero-order valence-electron chi connectivity index (χ0n) is 29.6. The number of morpholine rings is 1. The number of aromatic nitrogens is 1. The molecule has 2 aromatic carbocycles. The minimum absolute atomic E-state index is 0.0522. The van der Waals surface area contributed by atoms with Crippen LogP contribution < -0.4 is 15.8 Å². The van der Waals surface area contributed by atoms with E-state index in [0.29, 0.717) is 11.1 Å². The molecule has 0 bridgehead atoms. The zero-order chi connectivity index (χ0) is 37.5. The summed E-state index contributed by atoms with van der Waals surface area (Å²) in [6.45, 7) is 10.3. The summed E-state index contributed by atoms with van der Waals surface area (Å²) in [7, 11) is 0. The number of benzene rings is 2. The summed E-state index contributed by atoms with van der Waals surface area (Å²) in [5, 5.41) is 2.65. The predicted octanol–water partition coefficient (Wildman–Crippen LogP) is 5.68. The van der Waals surface area contributed by atoms with Gasteiger partial charge in [-0.3, -0.25) is 14.7 Å². The van der Waals surface area contributed by atoms with Gasteiger partial charge in [0.1, 0.15) is 41.6 Å². The van der Waals surface area contributed by atoms with E-state index >= 15 is 4.39 Å². The number of ketones is 1. The zero-order valence-corrected chi connectivity index (χ0v) is 29.6. The van der Waals surface area contributed by atoms with Crippen LogP contribution in [0.1, 0.15) is 64.2 Å². The van der Waals surface area contributed by atoms with Crippen LogP contribution in [0.15, 0.2) is 60.9 Å². The standard InChI is InChI=1S/C37H45F3N4O7/c1-36(2,3)50-34(46)43-32(31(22-7-11-25(38)12-8-22)23-9-13-26(39)14-10-23)30(45)15-24-17-42-18-29(40)33(24)49-21-28-19-44(27(16-41)20-48-28)35(47)51-37(4,5)6/h7-14,17-18,27-28,31-32H,15-16,19-21,41H2,1-6H3,(H,43,46)/t27-,28+,32-/m1/s1. The number of rotatable bonds is 11. The topological polar surface area (TPSA) is 142 Å². The number of ether oxygens (including phenoxy) is 4. The normalized spacial score (nSPS) is 17.1. The molecule has 1 fully saturated rings. The summed E-state index contributed by atoms with van der Waals surface area (Å²) >= 11 is 0. The number of Topliss-reactive ketones (excluding diaryl/α,β-unsaturated/α-hetero) is 1. The van der Waals surface area contributed by atoms with Gasteiger partial charge in [-0.2, -0.15) is 0 Å². The molecule has 14 heteroatoms. The van der Waals surface area contributed by atoms with Gasteiger partial charge in [0.2, 0.25) is 0 Å². The van der Waals surface area contributed by atoms with E-state index in [2.05, 4.69) is 10.3 Å². The van der Waals surface area contributed by atoms with Gasteiger partial charge < -0.3 is 30.0 Å².